The molecule has 2 unspecified atom stereocenters. The molecule has 33 heavy (non-hydrogen) atoms. The van der Waals surface area contributed by atoms with Crippen molar-refractivity contribution >= 4 is 15.7 Å². The summed E-state index contributed by atoms with van der Waals surface area (Å²) in [6.07, 6.45) is 4.38. The summed E-state index contributed by atoms with van der Waals surface area (Å²) in [5, 5.41) is 0. The lowest BCUT2D eigenvalue weighted by atomic mass is 9.82. The zero-order chi connectivity index (χ0) is 22.4. The molecule has 0 radical (unpaired) electrons. The summed E-state index contributed by atoms with van der Waals surface area (Å²) in [6.45, 7) is 4.51. The third kappa shape index (κ3) is 4.63. The van der Waals surface area contributed by atoms with Crippen LogP contribution in [-0.4, -0.2) is 63.9 Å². The van der Waals surface area contributed by atoms with E-state index in [1.165, 1.54) is 17.5 Å². The lowest BCUT2D eigenvalue weighted by molar-refractivity contribution is 0.0502. The number of hydrogen-bond acceptors (Lipinski definition) is 5. The van der Waals surface area contributed by atoms with Crippen molar-refractivity contribution in [3.8, 4) is 5.75 Å². The second-order valence-corrected chi connectivity index (χ2v) is 12.0. The predicted octanol–water partition coefficient (Wildman–Crippen LogP) is 3.00. The fourth-order valence-electron chi connectivity index (χ4n) is 5.46. The van der Waals surface area contributed by atoms with Crippen LogP contribution >= 0.6 is 0 Å². The van der Waals surface area contributed by atoms with Gasteiger partial charge in [-0.3, -0.25) is 4.90 Å². The highest BCUT2D eigenvalue weighted by Crippen LogP contribution is 2.41. The number of benzene rings is 2. The van der Waals surface area contributed by atoms with Crippen molar-refractivity contribution < 1.29 is 13.2 Å². The lowest BCUT2D eigenvalue weighted by Crippen LogP contribution is -2.59. The minimum atomic E-state index is -3.16. The average molecular weight is 468 g/mol. The second-order valence-electron chi connectivity index (χ2n) is 10.2. The van der Waals surface area contributed by atoms with Crippen LogP contribution in [0.5, 0.6) is 5.75 Å². The van der Waals surface area contributed by atoms with Gasteiger partial charge in [-0.05, 0) is 68.5 Å². The van der Waals surface area contributed by atoms with E-state index < -0.39 is 10.0 Å². The molecule has 3 aliphatic heterocycles. The molecular formula is C26H33N3O3S. The lowest BCUT2D eigenvalue weighted by Gasteiger charge is -2.46. The summed E-state index contributed by atoms with van der Waals surface area (Å²) < 4.78 is 33.8. The van der Waals surface area contributed by atoms with Crippen molar-refractivity contribution in [2.45, 2.75) is 43.7 Å². The zero-order valence-corrected chi connectivity index (χ0v) is 19.8. The summed E-state index contributed by atoms with van der Waals surface area (Å²) >= 11 is 0. The molecule has 6 rings (SSSR count). The molecular weight excluding hydrogens is 434 g/mol. The minimum absolute atomic E-state index is 0.00924. The van der Waals surface area contributed by atoms with Crippen LogP contribution in [0.1, 0.15) is 36.3 Å². The van der Waals surface area contributed by atoms with Crippen LogP contribution in [0.15, 0.2) is 48.5 Å². The van der Waals surface area contributed by atoms with Gasteiger partial charge in [0.1, 0.15) is 12.4 Å². The maximum absolute atomic E-state index is 12.3. The molecule has 1 saturated carbocycles. The summed E-state index contributed by atoms with van der Waals surface area (Å²) in [6, 6.07) is 17.7. The Hall–Kier alpha value is -2.09. The van der Waals surface area contributed by atoms with Gasteiger partial charge in [0.05, 0.1) is 17.8 Å². The quantitative estimate of drug-likeness (QED) is 0.647. The van der Waals surface area contributed by atoms with Gasteiger partial charge in [-0.25, -0.2) is 13.1 Å². The van der Waals surface area contributed by atoms with Crippen molar-refractivity contribution in [1.82, 2.24) is 9.62 Å². The normalized spacial score (nSPS) is 25.6. The summed E-state index contributed by atoms with van der Waals surface area (Å²) in [5.74, 6) is 2.06. The van der Waals surface area contributed by atoms with Crippen molar-refractivity contribution in [2.75, 3.05) is 43.4 Å². The van der Waals surface area contributed by atoms with Gasteiger partial charge in [0.2, 0.25) is 10.0 Å². The van der Waals surface area contributed by atoms with E-state index in [4.69, 9.17) is 4.74 Å². The van der Waals surface area contributed by atoms with Gasteiger partial charge in [-0.15, -0.1) is 0 Å². The first-order valence-electron chi connectivity index (χ1n) is 12.3. The first-order chi connectivity index (χ1) is 16.0. The number of hydrogen-bond donors (Lipinski definition) is 1. The first kappa shape index (κ1) is 21.4. The molecule has 2 aromatic carbocycles. The number of nitrogens with zero attached hydrogens (tertiary/aromatic N) is 2. The molecule has 4 aliphatic rings. The SMILES string of the molecule is O=S(=O)(CC1CC1)NC1CN(c2ccc3c(c2)C(Cc2ccccc2)C(N2CCC2)CO3)C1. The Labute approximate surface area is 197 Å². The third-order valence-corrected chi connectivity index (χ3v) is 9.27. The Morgan fingerprint density at radius 2 is 1.82 bits per heavy atom. The third-order valence-electron chi connectivity index (χ3n) is 7.67. The smallest absolute Gasteiger partial charge is 0.212 e. The Morgan fingerprint density at radius 3 is 2.52 bits per heavy atom. The van der Waals surface area contributed by atoms with E-state index in [0.717, 1.165) is 63.5 Å². The van der Waals surface area contributed by atoms with Crippen LogP contribution in [0.3, 0.4) is 0 Å². The highest BCUT2D eigenvalue weighted by atomic mass is 32.2. The number of likely N-dealkylation sites (tertiary alicyclic amines) is 1. The monoisotopic (exact) mass is 467 g/mol. The molecule has 3 fully saturated rings. The van der Waals surface area contributed by atoms with Crippen LogP contribution in [-0.2, 0) is 16.4 Å². The van der Waals surface area contributed by atoms with E-state index in [0.29, 0.717) is 23.6 Å². The van der Waals surface area contributed by atoms with Gasteiger partial charge in [-0.1, -0.05) is 30.3 Å². The van der Waals surface area contributed by atoms with E-state index in [2.05, 4.69) is 63.1 Å². The fraction of sp³-hybridized carbons (Fsp3) is 0.538. The summed E-state index contributed by atoms with van der Waals surface area (Å²) in [4.78, 5) is 4.84. The topological polar surface area (TPSA) is 61.9 Å². The highest BCUT2D eigenvalue weighted by Gasteiger charge is 2.38. The molecule has 2 saturated heterocycles. The zero-order valence-electron chi connectivity index (χ0n) is 19.0. The molecule has 0 amide bonds. The Morgan fingerprint density at radius 1 is 1.03 bits per heavy atom. The molecule has 7 heteroatoms. The molecule has 6 nitrogen and oxygen atoms in total. The largest absolute Gasteiger partial charge is 0.492 e. The predicted molar refractivity (Wildman–Crippen MR) is 130 cm³/mol. The van der Waals surface area contributed by atoms with Gasteiger partial charge in [0, 0.05) is 30.3 Å². The van der Waals surface area contributed by atoms with Gasteiger partial charge in [0.25, 0.3) is 0 Å². The fourth-order valence-corrected chi connectivity index (χ4v) is 7.17. The Bertz CT molecular complexity index is 1090. The van der Waals surface area contributed by atoms with E-state index >= 15 is 0 Å². The second kappa shape index (κ2) is 8.60. The Balaban J connectivity index is 1.19. The van der Waals surface area contributed by atoms with Gasteiger partial charge in [-0.2, -0.15) is 0 Å². The van der Waals surface area contributed by atoms with Crippen LogP contribution in [0, 0.1) is 5.92 Å². The highest BCUT2D eigenvalue weighted by molar-refractivity contribution is 7.89. The molecule has 176 valence electrons. The number of sulfonamides is 1. The molecule has 0 bridgehead atoms. The van der Waals surface area contributed by atoms with E-state index in [9.17, 15) is 8.42 Å². The Kier molecular flexibility index (Phi) is 5.59. The van der Waals surface area contributed by atoms with E-state index in [1.54, 1.807) is 0 Å². The van der Waals surface area contributed by atoms with Crippen molar-refractivity contribution in [2.24, 2.45) is 5.92 Å². The molecule has 1 N–H and O–H groups in total. The number of ether oxygens (including phenoxy) is 1. The van der Waals surface area contributed by atoms with Crippen LogP contribution in [0.2, 0.25) is 0 Å². The van der Waals surface area contributed by atoms with Crippen molar-refractivity contribution in [3.63, 3.8) is 0 Å². The number of anilines is 1. The van der Waals surface area contributed by atoms with E-state index in [1.807, 2.05) is 0 Å². The van der Waals surface area contributed by atoms with E-state index in [-0.39, 0.29) is 6.04 Å². The first-order valence-corrected chi connectivity index (χ1v) is 14.0. The van der Waals surface area contributed by atoms with Crippen molar-refractivity contribution in [1.29, 1.82) is 0 Å². The maximum atomic E-state index is 12.3. The number of rotatable bonds is 8. The molecule has 1 aliphatic carbocycles. The molecule has 2 atom stereocenters. The summed E-state index contributed by atoms with van der Waals surface area (Å²) in [7, 11) is -3.16. The van der Waals surface area contributed by atoms with Gasteiger partial charge in [0.15, 0.2) is 0 Å². The van der Waals surface area contributed by atoms with Crippen LogP contribution in [0.4, 0.5) is 5.69 Å². The molecule has 2 aromatic rings. The maximum Gasteiger partial charge on any atom is 0.212 e. The van der Waals surface area contributed by atoms with Gasteiger partial charge < -0.3 is 9.64 Å². The number of fused-ring (bicyclic) bond motifs is 1. The minimum Gasteiger partial charge on any atom is -0.492 e. The number of nitrogens with one attached hydrogen (secondary N) is 1. The summed E-state index contributed by atoms with van der Waals surface area (Å²) in [5.41, 5.74) is 3.81. The van der Waals surface area contributed by atoms with Crippen LogP contribution < -0.4 is 14.4 Å². The molecule has 0 spiro atoms. The molecule has 3 heterocycles. The van der Waals surface area contributed by atoms with Crippen LogP contribution in [0.25, 0.3) is 0 Å². The van der Waals surface area contributed by atoms with Crippen molar-refractivity contribution in [3.05, 3.63) is 59.7 Å². The molecule has 0 aromatic heterocycles. The standard InChI is InChI=1S/C26H33N3O3S/c30-33(31,18-20-7-8-20)27-21-15-29(16-21)22-9-10-26-24(14-22)23(13-19-5-2-1-3-6-19)25(17-32-26)28-11-4-12-28/h1-3,5-6,9-10,14,20-21,23,25,27H,4,7-8,11-13,15-18H2. The van der Waals surface area contributed by atoms with Gasteiger partial charge >= 0.3 is 0 Å². The average Bonchev–Trinajstić information content (AvgIpc) is 3.54.